The van der Waals surface area contributed by atoms with Gasteiger partial charge in [-0.3, -0.25) is 0 Å². The molecule has 2 rings (SSSR count). The number of pyridine rings is 1. The second kappa shape index (κ2) is 4.93. The van der Waals surface area contributed by atoms with Crippen molar-refractivity contribution in [2.24, 2.45) is 0 Å². The van der Waals surface area contributed by atoms with Gasteiger partial charge in [0.2, 0.25) is 0 Å². The molecule has 0 radical (unpaired) electrons. The van der Waals surface area contributed by atoms with E-state index < -0.39 is 11.6 Å². The van der Waals surface area contributed by atoms with Crippen LogP contribution >= 0.6 is 0 Å². The van der Waals surface area contributed by atoms with E-state index in [1.165, 1.54) is 0 Å². The van der Waals surface area contributed by atoms with E-state index in [0.29, 0.717) is 13.2 Å². The van der Waals surface area contributed by atoms with Crippen LogP contribution in [-0.2, 0) is 4.74 Å². The summed E-state index contributed by atoms with van der Waals surface area (Å²) in [6, 6.07) is 0.739. The monoisotopic (exact) mass is 244 g/mol. The number of hydrogen-bond donors (Lipinski definition) is 1. The Balaban J connectivity index is 2.24. The van der Waals surface area contributed by atoms with E-state index >= 15 is 0 Å². The quantitative estimate of drug-likeness (QED) is 0.841. The van der Waals surface area contributed by atoms with Gasteiger partial charge < -0.3 is 14.7 Å². The first kappa shape index (κ1) is 12.2. The summed E-state index contributed by atoms with van der Waals surface area (Å²) in [7, 11) is 0. The lowest BCUT2D eigenvalue weighted by molar-refractivity contribution is -0.0107. The Labute approximate surface area is 97.8 Å². The van der Waals surface area contributed by atoms with Crippen molar-refractivity contribution in [3.63, 3.8) is 0 Å². The first-order chi connectivity index (χ1) is 8.11. The maximum Gasteiger partial charge on any atom is 0.168 e. The van der Waals surface area contributed by atoms with Gasteiger partial charge in [-0.15, -0.1) is 0 Å². The average molecular weight is 244 g/mol. The first-order valence-corrected chi connectivity index (χ1v) is 5.42. The highest BCUT2D eigenvalue weighted by molar-refractivity contribution is 5.41. The molecule has 94 valence electrons. The molecule has 0 spiro atoms. The summed E-state index contributed by atoms with van der Waals surface area (Å²) in [5.41, 5.74) is 0. The molecule has 2 atom stereocenters. The zero-order valence-corrected chi connectivity index (χ0v) is 9.44. The zero-order valence-electron chi connectivity index (χ0n) is 9.44. The highest BCUT2D eigenvalue weighted by Gasteiger charge is 2.28. The van der Waals surface area contributed by atoms with E-state index in [1.807, 2.05) is 6.92 Å². The molecule has 17 heavy (non-hydrogen) atoms. The van der Waals surface area contributed by atoms with Crippen molar-refractivity contribution in [3.05, 3.63) is 23.9 Å². The smallest absolute Gasteiger partial charge is 0.168 e. The van der Waals surface area contributed by atoms with Crippen molar-refractivity contribution >= 4 is 5.82 Å². The molecule has 0 saturated carbocycles. The van der Waals surface area contributed by atoms with Crippen LogP contribution in [0.5, 0.6) is 0 Å². The largest absolute Gasteiger partial charge is 0.394 e. The van der Waals surface area contributed by atoms with Crippen LogP contribution in [0.15, 0.2) is 12.3 Å². The van der Waals surface area contributed by atoms with Crippen molar-refractivity contribution in [2.75, 3.05) is 24.7 Å². The number of aromatic nitrogens is 1. The number of rotatable bonds is 2. The van der Waals surface area contributed by atoms with Crippen LogP contribution in [0, 0.1) is 11.6 Å². The lowest BCUT2D eigenvalue weighted by Gasteiger charge is -2.38. The number of aliphatic hydroxyl groups is 1. The number of nitrogens with zero attached hydrogens (tertiary/aromatic N) is 2. The fraction of sp³-hybridized carbons (Fsp3) is 0.545. The van der Waals surface area contributed by atoms with E-state index in [2.05, 4.69) is 4.98 Å². The van der Waals surface area contributed by atoms with Gasteiger partial charge in [0, 0.05) is 12.6 Å². The predicted octanol–water partition coefficient (Wildman–Crippen LogP) is 0.946. The maximum absolute atomic E-state index is 13.6. The molecule has 0 aromatic carbocycles. The Kier molecular flexibility index (Phi) is 3.54. The maximum atomic E-state index is 13.6. The number of morpholine rings is 1. The Morgan fingerprint density at radius 2 is 2.35 bits per heavy atom. The number of hydrogen-bond acceptors (Lipinski definition) is 4. The van der Waals surface area contributed by atoms with E-state index in [4.69, 9.17) is 9.84 Å². The minimum atomic E-state index is -0.703. The van der Waals surface area contributed by atoms with Crippen molar-refractivity contribution in [1.29, 1.82) is 0 Å². The van der Waals surface area contributed by atoms with Gasteiger partial charge >= 0.3 is 0 Å². The second-order valence-corrected chi connectivity index (χ2v) is 4.10. The van der Waals surface area contributed by atoms with Crippen LogP contribution in [0.4, 0.5) is 14.6 Å². The molecule has 1 fully saturated rings. The molecule has 1 N–H and O–H groups in total. The van der Waals surface area contributed by atoms with Crippen molar-refractivity contribution in [1.82, 2.24) is 4.98 Å². The SMILES string of the molecule is CC1COC(CO)CN1c1ncc(F)cc1F. The van der Waals surface area contributed by atoms with Crippen LogP contribution in [-0.4, -0.2) is 42.0 Å². The van der Waals surface area contributed by atoms with Gasteiger partial charge in [-0.25, -0.2) is 13.8 Å². The normalized spacial score (nSPS) is 25.1. The summed E-state index contributed by atoms with van der Waals surface area (Å²) in [5, 5.41) is 9.03. The van der Waals surface area contributed by atoms with Gasteiger partial charge in [0.1, 0.15) is 5.82 Å². The molecular formula is C11H14F2N2O2. The van der Waals surface area contributed by atoms with Crippen molar-refractivity contribution < 1.29 is 18.6 Å². The fourth-order valence-corrected chi connectivity index (χ4v) is 1.84. The Bertz CT molecular complexity index is 403. The highest BCUT2D eigenvalue weighted by atomic mass is 19.1. The summed E-state index contributed by atoms with van der Waals surface area (Å²) < 4.78 is 31.7. The van der Waals surface area contributed by atoms with Gasteiger partial charge in [0.15, 0.2) is 11.6 Å². The van der Waals surface area contributed by atoms with Crippen LogP contribution in [0.1, 0.15) is 6.92 Å². The van der Waals surface area contributed by atoms with Crippen molar-refractivity contribution in [2.45, 2.75) is 19.1 Å². The zero-order chi connectivity index (χ0) is 12.4. The third kappa shape index (κ3) is 2.53. The number of ether oxygens (including phenoxy) is 1. The van der Waals surface area contributed by atoms with Gasteiger partial charge in [-0.2, -0.15) is 0 Å². The molecule has 0 amide bonds. The molecule has 1 aliphatic rings. The van der Waals surface area contributed by atoms with Gasteiger partial charge in [0.25, 0.3) is 0 Å². The Morgan fingerprint density at radius 3 is 3.00 bits per heavy atom. The molecule has 0 aliphatic carbocycles. The molecule has 4 nitrogen and oxygen atoms in total. The van der Waals surface area contributed by atoms with E-state index in [-0.39, 0.29) is 24.6 Å². The second-order valence-electron chi connectivity index (χ2n) is 4.10. The molecule has 1 aliphatic heterocycles. The molecule has 1 aromatic heterocycles. The predicted molar refractivity (Wildman–Crippen MR) is 57.8 cm³/mol. The van der Waals surface area contributed by atoms with Crippen LogP contribution in [0.3, 0.4) is 0 Å². The summed E-state index contributed by atoms with van der Waals surface area (Å²) in [4.78, 5) is 5.44. The van der Waals surface area contributed by atoms with Gasteiger partial charge in [-0.1, -0.05) is 0 Å². The molecule has 0 bridgehead atoms. The average Bonchev–Trinajstić information content (AvgIpc) is 2.30. The molecule has 1 saturated heterocycles. The minimum Gasteiger partial charge on any atom is -0.394 e. The minimum absolute atomic E-state index is 0.0646. The fourth-order valence-electron chi connectivity index (χ4n) is 1.84. The molecular weight excluding hydrogens is 230 g/mol. The summed E-state index contributed by atoms with van der Waals surface area (Å²) >= 11 is 0. The lowest BCUT2D eigenvalue weighted by atomic mass is 10.2. The Morgan fingerprint density at radius 1 is 1.59 bits per heavy atom. The summed E-state index contributed by atoms with van der Waals surface area (Å²) in [6.45, 7) is 2.45. The van der Waals surface area contributed by atoms with Crippen LogP contribution in [0.25, 0.3) is 0 Å². The molecule has 6 heteroatoms. The first-order valence-electron chi connectivity index (χ1n) is 5.42. The van der Waals surface area contributed by atoms with E-state index in [0.717, 1.165) is 12.3 Å². The van der Waals surface area contributed by atoms with Gasteiger partial charge in [0.05, 0.1) is 31.6 Å². The Hall–Kier alpha value is -1.27. The topological polar surface area (TPSA) is 45.6 Å². The van der Waals surface area contributed by atoms with E-state index in [9.17, 15) is 8.78 Å². The van der Waals surface area contributed by atoms with Gasteiger partial charge in [-0.05, 0) is 6.92 Å². The number of halogens is 2. The summed E-state index contributed by atoms with van der Waals surface area (Å²) in [5.74, 6) is -1.30. The third-order valence-electron chi connectivity index (χ3n) is 2.77. The number of aliphatic hydroxyl groups excluding tert-OH is 1. The summed E-state index contributed by atoms with van der Waals surface area (Å²) in [6.07, 6.45) is 0.617. The van der Waals surface area contributed by atoms with Crippen LogP contribution < -0.4 is 4.90 Å². The highest BCUT2D eigenvalue weighted by Crippen LogP contribution is 2.22. The van der Waals surface area contributed by atoms with E-state index in [1.54, 1.807) is 4.90 Å². The molecule has 2 unspecified atom stereocenters. The number of anilines is 1. The lowest BCUT2D eigenvalue weighted by Crippen LogP contribution is -2.50. The molecule has 2 heterocycles. The standard InChI is InChI=1S/C11H14F2N2O2/c1-7-6-17-9(5-16)4-15(7)11-10(13)2-8(12)3-14-11/h2-3,7,9,16H,4-6H2,1H3. The van der Waals surface area contributed by atoms with Crippen molar-refractivity contribution in [3.8, 4) is 0 Å². The molecule has 1 aromatic rings. The third-order valence-corrected chi connectivity index (χ3v) is 2.77. The van der Waals surface area contributed by atoms with Crippen LogP contribution in [0.2, 0.25) is 0 Å².